The van der Waals surface area contributed by atoms with E-state index in [0.717, 1.165) is 26.1 Å². The predicted octanol–water partition coefficient (Wildman–Crippen LogP) is 2.85. The molecule has 3 aliphatic rings. The highest BCUT2D eigenvalue weighted by Crippen LogP contribution is 2.33. The van der Waals surface area contributed by atoms with E-state index >= 15 is 0 Å². The fourth-order valence-corrected chi connectivity index (χ4v) is 6.22. The van der Waals surface area contributed by atoms with Crippen molar-refractivity contribution in [3.63, 3.8) is 0 Å². The molecule has 1 saturated carbocycles. The molecule has 1 N–H and O–H groups in total. The van der Waals surface area contributed by atoms with Crippen molar-refractivity contribution in [3.05, 3.63) is 58.9 Å². The van der Waals surface area contributed by atoms with E-state index in [-0.39, 0.29) is 29.5 Å². The van der Waals surface area contributed by atoms with Crippen molar-refractivity contribution in [1.29, 1.82) is 0 Å². The molecule has 1 aromatic heterocycles. The Labute approximate surface area is 216 Å². The first-order valence-electron chi connectivity index (χ1n) is 13.2. The van der Waals surface area contributed by atoms with Gasteiger partial charge in [-0.2, -0.15) is 0 Å². The summed E-state index contributed by atoms with van der Waals surface area (Å²) in [6, 6.07) is 5.96. The summed E-state index contributed by atoms with van der Waals surface area (Å²) in [7, 11) is 0. The fraction of sp³-hybridized carbons (Fsp3) is 0.536. The maximum atomic E-state index is 14.0. The Kier molecular flexibility index (Phi) is 7.33. The molecule has 2 saturated heterocycles. The van der Waals surface area contributed by atoms with Crippen LogP contribution in [-0.2, 0) is 9.59 Å². The molecule has 5 rings (SSSR count). The number of nitrogens with one attached hydrogen (secondary N) is 1. The van der Waals surface area contributed by atoms with Crippen molar-refractivity contribution in [1.82, 2.24) is 25.1 Å². The minimum Gasteiger partial charge on any atom is -0.349 e. The highest BCUT2D eigenvalue weighted by Gasteiger charge is 2.42. The Morgan fingerprint density at radius 1 is 1.11 bits per heavy atom. The third-order valence-corrected chi connectivity index (χ3v) is 8.21. The lowest BCUT2D eigenvalue weighted by molar-refractivity contribution is -0.132. The Morgan fingerprint density at radius 2 is 1.81 bits per heavy atom. The number of aryl methyl sites for hydroxylation is 2. The quantitative estimate of drug-likeness (QED) is 0.579. The lowest BCUT2D eigenvalue weighted by Gasteiger charge is -2.26. The number of hydrogen-bond acceptors (Lipinski definition) is 6. The normalized spacial score (nSPS) is 24.4. The zero-order valence-corrected chi connectivity index (χ0v) is 21.5. The maximum absolute atomic E-state index is 14.0. The Morgan fingerprint density at radius 3 is 2.43 bits per heavy atom. The second kappa shape index (κ2) is 10.7. The molecule has 0 bridgehead atoms. The van der Waals surface area contributed by atoms with Gasteiger partial charge in [-0.1, -0.05) is 12.1 Å². The van der Waals surface area contributed by atoms with Gasteiger partial charge in [0, 0.05) is 39.1 Å². The summed E-state index contributed by atoms with van der Waals surface area (Å²) in [5, 5.41) is 3.04. The number of hydrogen-bond donors (Lipinski definition) is 1. The lowest BCUT2D eigenvalue weighted by atomic mass is 10.0. The van der Waals surface area contributed by atoms with Gasteiger partial charge in [-0.25, -0.2) is 14.4 Å². The van der Waals surface area contributed by atoms with Crippen molar-refractivity contribution in [2.75, 3.05) is 32.7 Å². The Bertz CT molecular complexity index is 1170. The summed E-state index contributed by atoms with van der Waals surface area (Å²) in [5.41, 5.74) is 2.74. The number of Topliss-reactive ketones (excluding diaryl/α,β-unsaturated/α-hetero) is 1. The standard InChI is InChI=1S/C28H34FN5O3/c1-17-26(18(2)31-16-30-17)28(37)34-14-20-12-33(13-21(20)15-34)10-9-24(19-5-3-6-22(29)11-19)32-27(36)23-7-4-8-25(23)35/h3,5-6,11,16,20-21,23-24H,4,7-10,12-15H2,1-2H3,(H,32,36)/t20-,21?,23?,24?/m0/s1. The number of fused-ring (bicyclic) bond motifs is 1. The van der Waals surface area contributed by atoms with E-state index in [0.29, 0.717) is 66.7 Å². The number of likely N-dealkylation sites (tertiary alicyclic amines) is 2. The van der Waals surface area contributed by atoms with Gasteiger partial charge in [-0.15, -0.1) is 0 Å². The molecular weight excluding hydrogens is 473 g/mol. The number of nitrogens with zero attached hydrogens (tertiary/aromatic N) is 4. The molecule has 37 heavy (non-hydrogen) atoms. The summed E-state index contributed by atoms with van der Waals surface area (Å²) < 4.78 is 14.0. The molecule has 2 amide bonds. The van der Waals surface area contributed by atoms with Crippen molar-refractivity contribution in [3.8, 4) is 0 Å². The van der Waals surface area contributed by atoms with Crippen LogP contribution in [0.4, 0.5) is 4.39 Å². The van der Waals surface area contributed by atoms with E-state index in [2.05, 4.69) is 20.2 Å². The number of carbonyl (C=O) groups excluding carboxylic acids is 3. The van der Waals surface area contributed by atoms with Crippen LogP contribution < -0.4 is 5.32 Å². The summed E-state index contributed by atoms with van der Waals surface area (Å²) in [4.78, 5) is 50.8. The van der Waals surface area contributed by atoms with Gasteiger partial charge in [0.25, 0.3) is 5.91 Å². The molecule has 1 aliphatic carbocycles. The van der Waals surface area contributed by atoms with Crippen LogP contribution in [0.3, 0.4) is 0 Å². The molecule has 2 aromatic rings. The third-order valence-electron chi connectivity index (χ3n) is 8.21. The van der Waals surface area contributed by atoms with Crippen molar-refractivity contribution in [2.45, 2.75) is 45.6 Å². The molecule has 0 spiro atoms. The number of halogens is 1. The van der Waals surface area contributed by atoms with Crippen LogP contribution in [0.2, 0.25) is 0 Å². The second-order valence-corrected chi connectivity index (χ2v) is 10.7. The molecular formula is C28H34FN5O3. The van der Waals surface area contributed by atoms with Crippen LogP contribution in [0, 0.1) is 37.4 Å². The number of amides is 2. The summed E-state index contributed by atoms with van der Waals surface area (Å²) in [5.74, 6) is -0.391. The van der Waals surface area contributed by atoms with E-state index in [9.17, 15) is 18.8 Å². The van der Waals surface area contributed by atoms with Gasteiger partial charge in [0.05, 0.1) is 28.9 Å². The molecule has 8 nitrogen and oxygen atoms in total. The molecule has 3 heterocycles. The molecule has 9 heteroatoms. The van der Waals surface area contributed by atoms with Gasteiger partial charge in [-0.05, 0) is 62.6 Å². The highest BCUT2D eigenvalue weighted by molar-refractivity contribution is 6.02. The van der Waals surface area contributed by atoms with E-state index in [1.165, 1.54) is 18.5 Å². The fourth-order valence-electron chi connectivity index (χ4n) is 6.22. The zero-order chi connectivity index (χ0) is 26.1. The zero-order valence-electron chi connectivity index (χ0n) is 21.5. The molecule has 4 atom stereocenters. The number of aromatic nitrogens is 2. The number of rotatable bonds is 7. The number of ketones is 1. The summed E-state index contributed by atoms with van der Waals surface area (Å²) >= 11 is 0. The lowest BCUT2D eigenvalue weighted by Crippen LogP contribution is -2.38. The van der Waals surface area contributed by atoms with E-state index < -0.39 is 5.92 Å². The van der Waals surface area contributed by atoms with Gasteiger partial charge in [0.1, 0.15) is 17.9 Å². The number of benzene rings is 1. The molecule has 196 valence electrons. The Balaban J connectivity index is 1.19. The first-order valence-corrected chi connectivity index (χ1v) is 13.2. The van der Waals surface area contributed by atoms with Crippen LogP contribution in [0.25, 0.3) is 0 Å². The van der Waals surface area contributed by atoms with Gasteiger partial charge in [-0.3, -0.25) is 14.4 Å². The van der Waals surface area contributed by atoms with Crippen LogP contribution in [0.5, 0.6) is 0 Å². The molecule has 2 aliphatic heterocycles. The predicted molar refractivity (Wildman–Crippen MR) is 135 cm³/mol. The van der Waals surface area contributed by atoms with Crippen molar-refractivity contribution >= 4 is 17.6 Å². The van der Waals surface area contributed by atoms with Crippen molar-refractivity contribution in [2.24, 2.45) is 17.8 Å². The van der Waals surface area contributed by atoms with Gasteiger partial charge in [0.15, 0.2) is 0 Å². The average Bonchev–Trinajstić information content (AvgIpc) is 3.56. The minimum absolute atomic E-state index is 0.00517. The van der Waals surface area contributed by atoms with Gasteiger partial charge >= 0.3 is 0 Å². The maximum Gasteiger partial charge on any atom is 0.257 e. The minimum atomic E-state index is -0.590. The molecule has 1 aromatic carbocycles. The van der Waals surface area contributed by atoms with Crippen LogP contribution >= 0.6 is 0 Å². The topological polar surface area (TPSA) is 95.5 Å². The number of carbonyl (C=O) groups is 3. The largest absolute Gasteiger partial charge is 0.349 e. The van der Waals surface area contributed by atoms with Crippen LogP contribution in [-0.4, -0.2) is 70.1 Å². The highest BCUT2D eigenvalue weighted by atomic mass is 19.1. The second-order valence-electron chi connectivity index (χ2n) is 10.7. The SMILES string of the molecule is Cc1ncnc(C)c1C(=O)N1CC2CN(CCC(NC(=O)C3CCCC3=O)c3cccc(F)c3)C[C@H]2C1. The first-order chi connectivity index (χ1) is 17.8. The Hall–Kier alpha value is -3.20. The van der Waals surface area contributed by atoms with E-state index in [4.69, 9.17) is 0 Å². The van der Waals surface area contributed by atoms with E-state index in [1.54, 1.807) is 6.07 Å². The van der Waals surface area contributed by atoms with Crippen LogP contribution in [0.15, 0.2) is 30.6 Å². The molecule has 3 fully saturated rings. The molecule has 3 unspecified atom stereocenters. The summed E-state index contributed by atoms with van der Waals surface area (Å²) in [6.45, 7) is 7.61. The summed E-state index contributed by atoms with van der Waals surface area (Å²) in [6.07, 6.45) is 3.89. The van der Waals surface area contributed by atoms with Crippen LogP contribution in [0.1, 0.15) is 59.0 Å². The van der Waals surface area contributed by atoms with E-state index in [1.807, 2.05) is 24.8 Å². The average molecular weight is 508 g/mol. The molecule has 0 radical (unpaired) electrons. The smallest absolute Gasteiger partial charge is 0.257 e. The van der Waals surface area contributed by atoms with Gasteiger partial charge in [0.2, 0.25) is 5.91 Å². The van der Waals surface area contributed by atoms with Crippen molar-refractivity contribution < 1.29 is 18.8 Å². The third kappa shape index (κ3) is 5.42. The van der Waals surface area contributed by atoms with Gasteiger partial charge < -0.3 is 15.1 Å². The monoisotopic (exact) mass is 507 g/mol. The first kappa shape index (κ1) is 25.4.